The Hall–Kier alpha value is -0.980. The van der Waals surface area contributed by atoms with E-state index in [2.05, 4.69) is 64.7 Å². The highest BCUT2D eigenvalue weighted by molar-refractivity contribution is 14.0. The molecule has 0 bridgehead atoms. The fourth-order valence-corrected chi connectivity index (χ4v) is 2.99. The second-order valence-electron chi connectivity index (χ2n) is 6.87. The van der Waals surface area contributed by atoms with E-state index in [0.29, 0.717) is 17.5 Å². The highest BCUT2D eigenvalue weighted by Crippen LogP contribution is 2.44. The topological polar surface area (TPSA) is 39.7 Å². The first-order valence-electron chi connectivity index (χ1n) is 7.88. The van der Waals surface area contributed by atoms with Crippen molar-refractivity contribution in [2.75, 3.05) is 25.0 Å². The van der Waals surface area contributed by atoms with Crippen LogP contribution in [0.1, 0.15) is 26.7 Å². The zero-order valence-corrected chi connectivity index (χ0v) is 16.0. The lowest BCUT2D eigenvalue weighted by Crippen LogP contribution is -2.46. The molecular weight excluding hydrogens is 387 g/mol. The van der Waals surface area contributed by atoms with Crippen molar-refractivity contribution in [3.05, 3.63) is 30.3 Å². The molecular formula is C17H27IN4. The predicted molar refractivity (Wildman–Crippen MR) is 104 cm³/mol. The molecule has 0 spiro atoms. The Morgan fingerprint density at radius 1 is 1.23 bits per heavy atom. The molecule has 0 amide bonds. The minimum atomic E-state index is 0. The van der Waals surface area contributed by atoms with Crippen molar-refractivity contribution in [2.24, 2.45) is 10.4 Å². The summed E-state index contributed by atoms with van der Waals surface area (Å²) in [5.74, 6) is 0.950. The summed E-state index contributed by atoms with van der Waals surface area (Å²) in [6.07, 6.45) is 2.39. The van der Waals surface area contributed by atoms with Crippen LogP contribution in [-0.2, 0) is 0 Å². The van der Waals surface area contributed by atoms with Crippen molar-refractivity contribution in [1.29, 1.82) is 0 Å². The highest BCUT2D eigenvalue weighted by Gasteiger charge is 2.46. The van der Waals surface area contributed by atoms with Crippen molar-refractivity contribution in [3.8, 4) is 0 Å². The quantitative estimate of drug-likeness (QED) is 0.454. The maximum Gasteiger partial charge on any atom is 0.191 e. The molecule has 1 heterocycles. The Kier molecular flexibility index (Phi) is 5.58. The fourth-order valence-electron chi connectivity index (χ4n) is 2.99. The van der Waals surface area contributed by atoms with Gasteiger partial charge in [-0.15, -0.1) is 24.0 Å². The van der Waals surface area contributed by atoms with E-state index < -0.39 is 0 Å². The van der Waals surface area contributed by atoms with Crippen molar-refractivity contribution in [3.63, 3.8) is 0 Å². The standard InChI is InChI=1S/C17H26N4.HI/c1-17(2)11-15(17)20-16(18-3)19-13-9-10-21(12-13)14-7-5-4-6-8-14;/h4-8,13,15H,9-12H2,1-3H3,(H2,18,19,20);1H. The molecule has 2 fully saturated rings. The van der Waals surface area contributed by atoms with Gasteiger partial charge in [-0.25, -0.2) is 0 Å². The van der Waals surface area contributed by atoms with Crippen LogP contribution in [0.4, 0.5) is 5.69 Å². The molecule has 2 aliphatic rings. The lowest BCUT2D eigenvalue weighted by molar-refractivity contribution is 0.579. The molecule has 0 radical (unpaired) electrons. The van der Waals surface area contributed by atoms with E-state index in [0.717, 1.165) is 25.5 Å². The van der Waals surface area contributed by atoms with Gasteiger partial charge in [-0.1, -0.05) is 32.0 Å². The molecule has 1 saturated carbocycles. The first-order chi connectivity index (χ1) is 10.1. The van der Waals surface area contributed by atoms with Gasteiger partial charge >= 0.3 is 0 Å². The summed E-state index contributed by atoms with van der Waals surface area (Å²) in [4.78, 5) is 6.81. The monoisotopic (exact) mass is 414 g/mol. The summed E-state index contributed by atoms with van der Waals surface area (Å²) in [6.45, 7) is 6.74. The van der Waals surface area contributed by atoms with Gasteiger partial charge in [0.15, 0.2) is 5.96 Å². The molecule has 0 aromatic heterocycles. The largest absolute Gasteiger partial charge is 0.369 e. The Morgan fingerprint density at radius 3 is 2.50 bits per heavy atom. The highest BCUT2D eigenvalue weighted by atomic mass is 127. The van der Waals surface area contributed by atoms with E-state index in [1.165, 1.54) is 12.1 Å². The van der Waals surface area contributed by atoms with Gasteiger partial charge < -0.3 is 15.5 Å². The number of hydrogen-bond acceptors (Lipinski definition) is 2. The zero-order chi connectivity index (χ0) is 14.9. The lowest BCUT2D eigenvalue weighted by Gasteiger charge is -2.20. The molecule has 4 nitrogen and oxygen atoms in total. The molecule has 22 heavy (non-hydrogen) atoms. The number of anilines is 1. The lowest BCUT2D eigenvalue weighted by atomic mass is 10.2. The SMILES string of the molecule is CN=C(NC1CCN(c2ccccc2)C1)NC1CC1(C)C.I. The Morgan fingerprint density at radius 2 is 1.91 bits per heavy atom. The molecule has 1 aliphatic carbocycles. The Labute approximate surface area is 150 Å². The van der Waals surface area contributed by atoms with E-state index in [-0.39, 0.29) is 24.0 Å². The van der Waals surface area contributed by atoms with Crippen LogP contribution in [0.5, 0.6) is 0 Å². The number of rotatable bonds is 3. The summed E-state index contributed by atoms with van der Waals surface area (Å²) in [6, 6.07) is 11.7. The number of hydrogen-bond donors (Lipinski definition) is 2. The summed E-state index contributed by atoms with van der Waals surface area (Å²) >= 11 is 0. The van der Waals surface area contributed by atoms with Crippen LogP contribution in [0.15, 0.2) is 35.3 Å². The number of nitrogens with zero attached hydrogens (tertiary/aromatic N) is 2. The van der Waals surface area contributed by atoms with E-state index in [1.807, 2.05) is 7.05 Å². The average Bonchev–Trinajstić information content (AvgIpc) is 2.89. The third kappa shape index (κ3) is 4.06. The Balaban J connectivity index is 0.00000176. The maximum atomic E-state index is 4.37. The van der Waals surface area contributed by atoms with E-state index in [9.17, 15) is 0 Å². The molecule has 1 aliphatic heterocycles. The summed E-state index contributed by atoms with van der Waals surface area (Å²) < 4.78 is 0. The number of guanidine groups is 1. The first-order valence-corrected chi connectivity index (χ1v) is 7.88. The van der Waals surface area contributed by atoms with Gasteiger partial charge in [-0.05, 0) is 30.4 Å². The van der Waals surface area contributed by atoms with Crippen molar-refractivity contribution in [1.82, 2.24) is 10.6 Å². The minimum Gasteiger partial charge on any atom is -0.369 e. The number of benzene rings is 1. The third-order valence-electron chi connectivity index (χ3n) is 4.70. The molecule has 1 aromatic carbocycles. The van der Waals surface area contributed by atoms with E-state index in [1.54, 1.807) is 0 Å². The molecule has 3 rings (SSSR count). The Bertz CT molecular complexity index is 515. The molecule has 1 saturated heterocycles. The summed E-state index contributed by atoms with van der Waals surface area (Å²) in [7, 11) is 1.86. The molecule has 2 N–H and O–H groups in total. The average molecular weight is 414 g/mol. The molecule has 5 heteroatoms. The van der Waals surface area contributed by atoms with Crippen LogP contribution in [0, 0.1) is 5.41 Å². The van der Waals surface area contributed by atoms with Gasteiger partial charge in [0.2, 0.25) is 0 Å². The minimum absolute atomic E-state index is 0. The van der Waals surface area contributed by atoms with Crippen LogP contribution < -0.4 is 15.5 Å². The van der Waals surface area contributed by atoms with E-state index in [4.69, 9.17) is 0 Å². The fraction of sp³-hybridized carbons (Fsp3) is 0.588. The summed E-state index contributed by atoms with van der Waals surface area (Å²) in [5, 5.41) is 7.10. The number of aliphatic imine (C=N–C) groups is 1. The van der Waals surface area contributed by atoms with Gasteiger partial charge in [0.05, 0.1) is 0 Å². The molecule has 122 valence electrons. The normalized spacial score (nSPS) is 26.3. The van der Waals surface area contributed by atoms with E-state index >= 15 is 0 Å². The van der Waals surface area contributed by atoms with Crippen molar-refractivity contribution < 1.29 is 0 Å². The maximum absolute atomic E-state index is 4.37. The van der Waals surface area contributed by atoms with Crippen LogP contribution in [-0.4, -0.2) is 38.2 Å². The number of para-hydroxylation sites is 1. The molecule has 1 aromatic rings. The predicted octanol–water partition coefficient (Wildman–Crippen LogP) is 2.85. The van der Waals surface area contributed by atoms with Gasteiger partial charge in [0, 0.05) is 37.9 Å². The third-order valence-corrected chi connectivity index (χ3v) is 4.70. The molecule has 2 atom stereocenters. The van der Waals surface area contributed by atoms with Crippen molar-refractivity contribution >= 4 is 35.6 Å². The number of halogens is 1. The zero-order valence-electron chi connectivity index (χ0n) is 13.7. The summed E-state index contributed by atoms with van der Waals surface area (Å²) in [5.41, 5.74) is 1.73. The second-order valence-corrected chi connectivity index (χ2v) is 6.87. The van der Waals surface area contributed by atoms with Crippen molar-refractivity contribution in [2.45, 2.75) is 38.8 Å². The van der Waals surface area contributed by atoms with Gasteiger partial charge in [0.25, 0.3) is 0 Å². The smallest absolute Gasteiger partial charge is 0.191 e. The van der Waals surface area contributed by atoms with Gasteiger partial charge in [0.1, 0.15) is 0 Å². The van der Waals surface area contributed by atoms with Crippen LogP contribution in [0.3, 0.4) is 0 Å². The van der Waals surface area contributed by atoms with Crippen LogP contribution in [0.25, 0.3) is 0 Å². The first kappa shape index (κ1) is 17.4. The van der Waals surface area contributed by atoms with Gasteiger partial charge in [-0.3, -0.25) is 4.99 Å². The van der Waals surface area contributed by atoms with Crippen LogP contribution in [0.2, 0.25) is 0 Å². The second kappa shape index (κ2) is 7.06. The number of nitrogens with one attached hydrogen (secondary N) is 2. The molecule has 2 unspecified atom stereocenters. The van der Waals surface area contributed by atoms with Gasteiger partial charge in [-0.2, -0.15) is 0 Å². The van der Waals surface area contributed by atoms with Crippen LogP contribution >= 0.6 is 24.0 Å².